The predicted molar refractivity (Wildman–Crippen MR) is 146 cm³/mol. The van der Waals surface area contributed by atoms with Gasteiger partial charge in [-0.2, -0.15) is 0 Å². The highest BCUT2D eigenvalue weighted by Gasteiger charge is 2.47. The van der Waals surface area contributed by atoms with E-state index in [1.54, 1.807) is 0 Å². The summed E-state index contributed by atoms with van der Waals surface area (Å²) in [7, 11) is 0. The van der Waals surface area contributed by atoms with Crippen LogP contribution in [0.5, 0.6) is 5.75 Å². The number of fused-ring (bicyclic) bond motifs is 3. The summed E-state index contributed by atoms with van der Waals surface area (Å²) in [6.07, 6.45) is 1.53. The zero-order chi connectivity index (χ0) is 26.7. The van der Waals surface area contributed by atoms with E-state index in [4.69, 9.17) is 9.47 Å². The summed E-state index contributed by atoms with van der Waals surface area (Å²) in [6, 6.07) is 13.8. The topological polar surface area (TPSA) is 79.9 Å². The fourth-order valence-corrected chi connectivity index (χ4v) is 5.23. The molecule has 1 fully saturated rings. The van der Waals surface area contributed by atoms with Crippen LogP contribution in [0, 0.1) is 11.8 Å². The second-order valence-corrected chi connectivity index (χ2v) is 11.2. The number of nitrogens with one attached hydrogen (secondary N) is 2. The van der Waals surface area contributed by atoms with Crippen LogP contribution >= 0.6 is 0 Å². The Bertz CT molecular complexity index is 1110. The van der Waals surface area contributed by atoms with Gasteiger partial charge in [-0.3, -0.25) is 4.79 Å². The molecule has 2 aromatic carbocycles. The summed E-state index contributed by atoms with van der Waals surface area (Å²) in [4.78, 5) is 28.1. The van der Waals surface area contributed by atoms with E-state index in [-0.39, 0.29) is 30.0 Å². The third kappa shape index (κ3) is 6.03. The minimum absolute atomic E-state index is 0.0192. The fourth-order valence-electron chi connectivity index (χ4n) is 5.23. The van der Waals surface area contributed by atoms with Crippen molar-refractivity contribution < 1.29 is 19.1 Å². The molecular weight excluding hydrogens is 466 g/mol. The van der Waals surface area contributed by atoms with Gasteiger partial charge in [-0.15, -0.1) is 0 Å². The SMILES string of the molecule is CCOc1ccc(C2Nc3ccc(C(=O)NCC(C)CC)cc3C3C2CCN3C(=O)OC(C)(C)C)cc1. The Morgan fingerprint density at radius 1 is 1.14 bits per heavy atom. The number of likely N-dealkylation sites (tertiary alicyclic amines) is 1. The molecule has 0 saturated carbocycles. The summed E-state index contributed by atoms with van der Waals surface area (Å²) < 4.78 is 11.4. The molecule has 2 N–H and O–H groups in total. The van der Waals surface area contributed by atoms with Crippen LogP contribution in [0.3, 0.4) is 0 Å². The van der Waals surface area contributed by atoms with Crippen LogP contribution in [0.1, 0.15) is 88.0 Å². The van der Waals surface area contributed by atoms with Gasteiger partial charge in [-0.05, 0) is 81.5 Å². The van der Waals surface area contributed by atoms with Gasteiger partial charge in [0.1, 0.15) is 11.4 Å². The van der Waals surface area contributed by atoms with Crippen LogP contribution in [0.25, 0.3) is 0 Å². The summed E-state index contributed by atoms with van der Waals surface area (Å²) >= 11 is 0. The molecule has 200 valence electrons. The lowest BCUT2D eigenvalue weighted by atomic mass is 9.79. The number of ether oxygens (including phenoxy) is 2. The van der Waals surface area contributed by atoms with Gasteiger partial charge in [0.15, 0.2) is 0 Å². The Hall–Kier alpha value is -3.22. The third-order valence-corrected chi connectivity index (χ3v) is 7.30. The Kier molecular flexibility index (Phi) is 8.00. The van der Waals surface area contributed by atoms with Crippen LogP contribution in [0.15, 0.2) is 42.5 Å². The molecule has 4 unspecified atom stereocenters. The molecule has 2 aliphatic rings. The van der Waals surface area contributed by atoms with E-state index in [0.717, 1.165) is 35.4 Å². The maximum Gasteiger partial charge on any atom is 0.410 e. The van der Waals surface area contributed by atoms with Gasteiger partial charge in [-0.1, -0.05) is 32.4 Å². The first-order chi connectivity index (χ1) is 17.6. The molecule has 0 radical (unpaired) electrons. The van der Waals surface area contributed by atoms with E-state index in [1.165, 1.54) is 0 Å². The molecule has 4 rings (SSSR count). The molecule has 2 aliphatic heterocycles. The second kappa shape index (κ2) is 11.0. The van der Waals surface area contributed by atoms with E-state index in [2.05, 4.69) is 36.6 Å². The molecule has 7 heteroatoms. The second-order valence-electron chi connectivity index (χ2n) is 11.2. The number of amides is 2. The molecule has 4 atom stereocenters. The molecule has 0 aliphatic carbocycles. The van der Waals surface area contributed by atoms with Crippen LogP contribution in [-0.4, -0.2) is 42.2 Å². The monoisotopic (exact) mass is 507 g/mol. The number of carbonyl (C=O) groups excluding carboxylic acids is 2. The van der Waals surface area contributed by atoms with Crippen molar-refractivity contribution in [2.45, 2.75) is 72.1 Å². The maximum atomic E-state index is 13.3. The van der Waals surface area contributed by atoms with Crippen molar-refractivity contribution in [2.75, 3.05) is 25.0 Å². The van der Waals surface area contributed by atoms with Gasteiger partial charge in [0, 0.05) is 30.3 Å². The normalized spacial score (nSPS) is 21.4. The standard InChI is InChI=1S/C30H41N3O4/c1-7-19(3)18-31-28(34)21-11-14-25-24(17-21)27-23(15-16-33(27)29(35)37-30(4,5)6)26(32-25)20-9-12-22(13-10-20)36-8-2/h9-14,17,19,23,26-27,32H,7-8,15-16,18H2,1-6H3,(H,31,34). The summed E-state index contributed by atoms with van der Waals surface area (Å²) in [5.74, 6) is 1.31. The van der Waals surface area contributed by atoms with Crippen molar-refractivity contribution in [1.82, 2.24) is 10.2 Å². The van der Waals surface area contributed by atoms with Crippen LogP contribution in [0.2, 0.25) is 0 Å². The Balaban J connectivity index is 1.68. The zero-order valence-corrected chi connectivity index (χ0v) is 23.0. The van der Waals surface area contributed by atoms with Crippen molar-refractivity contribution in [3.63, 3.8) is 0 Å². The van der Waals surface area contributed by atoms with Crippen LogP contribution in [0.4, 0.5) is 10.5 Å². The van der Waals surface area contributed by atoms with Gasteiger partial charge >= 0.3 is 6.09 Å². The van der Waals surface area contributed by atoms with Gasteiger partial charge in [0.2, 0.25) is 0 Å². The van der Waals surface area contributed by atoms with Crippen LogP contribution < -0.4 is 15.4 Å². The molecule has 0 aromatic heterocycles. The first-order valence-electron chi connectivity index (χ1n) is 13.5. The van der Waals surface area contributed by atoms with Crippen molar-refractivity contribution in [1.29, 1.82) is 0 Å². The van der Waals surface area contributed by atoms with Crippen molar-refractivity contribution in [3.8, 4) is 5.75 Å². The fraction of sp³-hybridized carbons (Fsp3) is 0.533. The zero-order valence-electron chi connectivity index (χ0n) is 23.0. The van der Waals surface area contributed by atoms with Crippen molar-refractivity contribution >= 4 is 17.7 Å². The van der Waals surface area contributed by atoms with Gasteiger partial charge in [-0.25, -0.2) is 4.79 Å². The molecule has 0 spiro atoms. The van der Waals surface area contributed by atoms with E-state index in [0.29, 0.717) is 31.2 Å². The molecule has 37 heavy (non-hydrogen) atoms. The van der Waals surface area contributed by atoms with E-state index >= 15 is 0 Å². The number of carbonyl (C=O) groups is 2. The number of rotatable bonds is 7. The Morgan fingerprint density at radius 2 is 1.86 bits per heavy atom. The van der Waals surface area contributed by atoms with Gasteiger partial charge in [0.25, 0.3) is 5.91 Å². The van der Waals surface area contributed by atoms with Crippen LogP contribution in [-0.2, 0) is 4.74 Å². The molecule has 2 amide bonds. The minimum Gasteiger partial charge on any atom is -0.494 e. The van der Waals surface area contributed by atoms with Crippen molar-refractivity contribution in [2.24, 2.45) is 11.8 Å². The summed E-state index contributed by atoms with van der Waals surface area (Å²) in [5.41, 5.74) is 3.07. The largest absolute Gasteiger partial charge is 0.494 e. The first-order valence-corrected chi connectivity index (χ1v) is 13.5. The lowest BCUT2D eigenvalue weighted by Gasteiger charge is -2.40. The number of hydrogen-bond donors (Lipinski definition) is 2. The lowest BCUT2D eigenvalue weighted by molar-refractivity contribution is 0.0198. The average molecular weight is 508 g/mol. The number of nitrogens with zero attached hydrogens (tertiary/aromatic N) is 1. The van der Waals surface area contributed by atoms with Crippen molar-refractivity contribution in [3.05, 3.63) is 59.2 Å². The predicted octanol–water partition coefficient (Wildman–Crippen LogP) is 6.33. The quantitative estimate of drug-likeness (QED) is 0.458. The molecule has 2 heterocycles. The molecule has 0 bridgehead atoms. The Morgan fingerprint density at radius 3 is 2.51 bits per heavy atom. The number of benzene rings is 2. The minimum atomic E-state index is -0.586. The average Bonchev–Trinajstić information content (AvgIpc) is 3.32. The summed E-state index contributed by atoms with van der Waals surface area (Å²) in [6.45, 7) is 13.7. The van der Waals surface area contributed by atoms with Gasteiger partial charge in [0.05, 0.1) is 18.7 Å². The Labute approximate surface area is 220 Å². The number of hydrogen-bond acceptors (Lipinski definition) is 5. The van der Waals surface area contributed by atoms with Gasteiger partial charge < -0.3 is 25.0 Å². The van der Waals surface area contributed by atoms with E-state index in [1.807, 2.05) is 62.9 Å². The molecule has 1 saturated heterocycles. The highest BCUT2D eigenvalue weighted by atomic mass is 16.6. The first kappa shape index (κ1) is 26.8. The molecule has 7 nitrogen and oxygen atoms in total. The summed E-state index contributed by atoms with van der Waals surface area (Å²) in [5, 5.41) is 6.77. The lowest BCUT2D eigenvalue weighted by Crippen LogP contribution is -2.40. The molecular formula is C30H41N3O4. The highest BCUT2D eigenvalue weighted by Crippen LogP contribution is 2.51. The number of anilines is 1. The highest BCUT2D eigenvalue weighted by molar-refractivity contribution is 5.95. The maximum absolute atomic E-state index is 13.3. The smallest absolute Gasteiger partial charge is 0.410 e. The van der Waals surface area contributed by atoms with E-state index in [9.17, 15) is 9.59 Å². The van der Waals surface area contributed by atoms with E-state index < -0.39 is 5.60 Å². The molecule has 2 aromatic rings. The third-order valence-electron chi connectivity index (χ3n) is 7.30.